The molecule has 92 valence electrons. The van der Waals surface area contributed by atoms with Crippen LogP contribution in [-0.2, 0) is 0 Å². The average Bonchev–Trinajstić information content (AvgIpc) is 2.29. The SMILES string of the molecule is C=C(Cl)CNCCNC(=O)c1ccc(C)cc1. The van der Waals surface area contributed by atoms with Gasteiger partial charge in [0.2, 0.25) is 0 Å². The second-order valence-electron chi connectivity index (χ2n) is 3.82. The molecule has 1 amide bonds. The van der Waals surface area contributed by atoms with Gasteiger partial charge in [0, 0.05) is 30.2 Å². The summed E-state index contributed by atoms with van der Waals surface area (Å²) < 4.78 is 0. The summed E-state index contributed by atoms with van der Waals surface area (Å²) in [5.41, 5.74) is 1.82. The first-order valence-electron chi connectivity index (χ1n) is 5.48. The van der Waals surface area contributed by atoms with Crippen LogP contribution in [0.15, 0.2) is 35.9 Å². The Labute approximate surface area is 107 Å². The van der Waals surface area contributed by atoms with Gasteiger partial charge in [-0.05, 0) is 19.1 Å². The van der Waals surface area contributed by atoms with Gasteiger partial charge in [0.25, 0.3) is 5.91 Å². The maximum absolute atomic E-state index is 11.7. The summed E-state index contributed by atoms with van der Waals surface area (Å²) in [6.45, 7) is 7.34. The van der Waals surface area contributed by atoms with Crippen LogP contribution in [0, 0.1) is 6.92 Å². The van der Waals surface area contributed by atoms with E-state index in [4.69, 9.17) is 11.6 Å². The largest absolute Gasteiger partial charge is 0.351 e. The van der Waals surface area contributed by atoms with Crippen LogP contribution < -0.4 is 10.6 Å². The maximum atomic E-state index is 11.7. The van der Waals surface area contributed by atoms with E-state index in [9.17, 15) is 4.79 Å². The van der Waals surface area contributed by atoms with Crippen molar-refractivity contribution in [2.75, 3.05) is 19.6 Å². The second-order valence-corrected chi connectivity index (χ2v) is 4.35. The van der Waals surface area contributed by atoms with Crippen molar-refractivity contribution in [3.05, 3.63) is 47.0 Å². The Morgan fingerprint density at radius 2 is 1.94 bits per heavy atom. The Kier molecular flexibility index (Phi) is 5.73. The minimum absolute atomic E-state index is 0.0588. The number of amides is 1. The molecule has 0 unspecified atom stereocenters. The molecule has 2 N–H and O–H groups in total. The van der Waals surface area contributed by atoms with Crippen LogP contribution in [0.1, 0.15) is 15.9 Å². The lowest BCUT2D eigenvalue weighted by Gasteiger charge is -2.06. The van der Waals surface area contributed by atoms with Crippen molar-refractivity contribution in [2.45, 2.75) is 6.92 Å². The van der Waals surface area contributed by atoms with Gasteiger partial charge in [-0.25, -0.2) is 0 Å². The molecule has 0 atom stereocenters. The average molecular weight is 253 g/mol. The highest BCUT2D eigenvalue weighted by Gasteiger charge is 2.03. The molecule has 1 rings (SSSR count). The number of rotatable bonds is 6. The van der Waals surface area contributed by atoms with Crippen molar-refractivity contribution in [3.63, 3.8) is 0 Å². The number of benzene rings is 1. The number of carbonyl (C=O) groups excluding carboxylic acids is 1. The first-order valence-corrected chi connectivity index (χ1v) is 5.86. The van der Waals surface area contributed by atoms with Crippen molar-refractivity contribution in [1.29, 1.82) is 0 Å². The number of halogens is 1. The first-order chi connectivity index (χ1) is 8.09. The van der Waals surface area contributed by atoms with Crippen LogP contribution in [0.4, 0.5) is 0 Å². The smallest absolute Gasteiger partial charge is 0.251 e. The number of hydrogen-bond acceptors (Lipinski definition) is 2. The molecule has 0 saturated carbocycles. The fourth-order valence-corrected chi connectivity index (χ4v) is 1.39. The molecule has 0 heterocycles. The summed E-state index contributed by atoms with van der Waals surface area (Å²) in [5, 5.41) is 6.44. The second kappa shape index (κ2) is 7.09. The molecule has 0 bridgehead atoms. The predicted octanol–water partition coefficient (Wildman–Crippen LogP) is 2.07. The van der Waals surface area contributed by atoms with E-state index in [0.29, 0.717) is 30.2 Å². The highest BCUT2D eigenvalue weighted by atomic mass is 35.5. The van der Waals surface area contributed by atoms with E-state index >= 15 is 0 Å². The van der Waals surface area contributed by atoms with E-state index in [0.717, 1.165) is 5.56 Å². The topological polar surface area (TPSA) is 41.1 Å². The molecule has 0 aliphatic heterocycles. The monoisotopic (exact) mass is 252 g/mol. The molecule has 0 fully saturated rings. The molecule has 0 spiro atoms. The molecule has 1 aromatic carbocycles. The number of aryl methyl sites for hydroxylation is 1. The van der Waals surface area contributed by atoms with Crippen molar-refractivity contribution in [1.82, 2.24) is 10.6 Å². The first kappa shape index (κ1) is 13.7. The quantitative estimate of drug-likeness (QED) is 0.761. The molecule has 0 aliphatic carbocycles. The van der Waals surface area contributed by atoms with Crippen LogP contribution in [0.5, 0.6) is 0 Å². The van der Waals surface area contributed by atoms with Gasteiger partial charge in [-0.1, -0.05) is 35.9 Å². The lowest BCUT2D eigenvalue weighted by molar-refractivity contribution is 0.0954. The Morgan fingerprint density at radius 3 is 2.53 bits per heavy atom. The zero-order valence-electron chi connectivity index (χ0n) is 9.92. The Morgan fingerprint density at radius 1 is 1.29 bits per heavy atom. The Balaban J connectivity index is 2.25. The molecular formula is C13H17ClN2O. The van der Waals surface area contributed by atoms with Gasteiger partial charge >= 0.3 is 0 Å². The van der Waals surface area contributed by atoms with Crippen molar-refractivity contribution in [2.24, 2.45) is 0 Å². The summed E-state index contributed by atoms with van der Waals surface area (Å²) in [4.78, 5) is 11.7. The van der Waals surface area contributed by atoms with Gasteiger partial charge in [0.05, 0.1) is 0 Å². The van der Waals surface area contributed by atoms with Gasteiger partial charge < -0.3 is 10.6 Å². The lowest BCUT2D eigenvalue weighted by Crippen LogP contribution is -2.32. The van der Waals surface area contributed by atoms with Crippen LogP contribution in [0.2, 0.25) is 0 Å². The highest BCUT2D eigenvalue weighted by molar-refractivity contribution is 6.29. The van der Waals surface area contributed by atoms with E-state index in [1.807, 2.05) is 31.2 Å². The third kappa shape index (κ3) is 5.52. The highest BCUT2D eigenvalue weighted by Crippen LogP contribution is 2.02. The Hall–Kier alpha value is -1.32. The van der Waals surface area contributed by atoms with Crippen molar-refractivity contribution >= 4 is 17.5 Å². The van der Waals surface area contributed by atoms with E-state index in [2.05, 4.69) is 17.2 Å². The van der Waals surface area contributed by atoms with E-state index in [-0.39, 0.29) is 5.91 Å². The molecule has 1 aromatic rings. The van der Waals surface area contributed by atoms with Crippen LogP contribution >= 0.6 is 11.6 Å². The van der Waals surface area contributed by atoms with Gasteiger partial charge in [-0.3, -0.25) is 4.79 Å². The van der Waals surface area contributed by atoms with E-state index < -0.39 is 0 Å². The molecule has 0 aromatic heterocycles. The number of hydrogen-bond donors (Lipinski definition) is 2. The molecule has 0 aliphatic rings. The zero-order valence-corrected chi connectivity index (χ0v) is 10.7. The lowest BCUT2D eigenvalue weighted by atomic mass is 10.1. The minimum Gasteiger partial charge on any atom is -0.351 e. The molecular weight excluding hydrogens is 236 g/mol. The maximum Gasteiger partial charge on any atom is 0.251 e. The molecule has 0 saturated heterocycles. The van der Waals surface area contributed by atoms with E-state index in [1.165, 1.54) is 0 Å². The van der Waals surface area contributed by atoms with E-state index in [1.54, 1.807) is 0 Å². The van der Waals surface area contributed by atoms with Crippen molar-refractivity contribution < 1.29 is 4.79 Å². The summed E-state index contributed by atoms with van der Waals surface area (Å²) in [6, 6.07) is 7.48. The van der Waals surface area contributed by atoms with Crippen LogP contribution in [0.3, 0.4) is 0 Å². The summed E-state index contributed by atoms with van der Waals surface area (Å²) in [5.74, 6) is -0.0588. The summed E-state index contributed by atoms with van der Waals surface area (Å²) >= 11 is 5.59. The molecule has 3 nitrogen and oxygen atoms in total. The third-order valence-corrected chi connectivity index (χ3v) is 2.35. The van der Waals surface area contributed by atoms with Gasteiger partial charge in [0.1, 0.15) is 0 Å². The van der Waals surface area contributed by atoms with Gasteiger partial charge in [-0.15, -0.1) is 0 Å². The van der Waals surface area contributed by atoms with Crippen LogP contribution in [0.25, 0.3) is 0 Å². The number of nitrogens with one attached hydrogen (secondary N) is 2. The van der Waals surface area contributed by atoms with Gasteiger partial charge in [-0.2, -0.15) is 0 Å². The number of carbonyl (C=O) groups is 1. The molecule has 0 radical (unpaired) electrons. The zero-order chi connectivity index (χ0) is 12.7. The molecule has 4 heteroatoms. The summed E-state index contributed by atoms with van der Waals surface area (Å²) in [6.07, 6.45) is 0. The minimum atomic E-state index is -0.0588. The fraction of sp³-hybridized carbons (Fsp3) is 0.308. The standard InChI is InChI=1S/C13H17ClN2O/c1-10-3-5-12(6-4-10)13(17)16-8-7-15-9-11(2)14/h3-6,15H,2,7-9H2,1H3,(H,16,17). The third-order valence-electron chi connectivity index (χ3n) is 2.22. The van der Waals surface area contributed by atoms with Crippen LogP contribution in [-0.4, -0.2) is 25.5 Å². The summed E-state index contributed by atoms with van der Waals surface area (Å²) in [7, 11) is 0. The predicted molar refractivity (Wildman–Crippen MR) is 71.4 cm³/mol. The fourth-order valence-electron chi connectivity index (χ4n) is 1.30. The molecule has 17 heavy (non-hydrogen) atoms. The van der Waals surface area contributed by atoms with Gasteiger partial charge in [0.15, 0.2) is 0 Å². The van der Waals surface area contributed by atoms with Crippen molar-refractivity contribution in [3.8, 4) is 0 Å². The normalized spacial score (nSPS) is 10.0. The Bertz CT molecular complexity index is 387.